The fourth-order valence-electron chi connectivity index (χ4n) is 3.99. The molecular weight excluding hydrogens is 296 g/mol. The Balaban J connectivity index is 1.55. The molecule has 1 aromatic carbocycles. The number of hydrogen-bond donors (Lipinski definition) is 1. The third kappa shape index (κ3) is 2.32. The van der Waals surface area contributed by atoms with E-state index >= 15 is 0 Å². The minimum absolute atomic E-state index is 0.0204. The summed E-state index contributed by atoms with van der Waals surface area (Å²) in [4.78, 5) is 14.5. The van der Waals surface area contributed by atoms with E-state index < -0.39 is 0 Å². The maximum atomic E-state index is 12.8. The molecule has 1 aromatic rings. The second-order valence-corrected chi connectivity index (χ2v) is 6.82. The number of benzene rings is 1. The monoisotopic (exact) mass is 316 g/mol. The maximum Gasteiger partial charge on any atom is 0.260 e. The minimum Gasteiger partial charge on any atom is -0.363 e. The third-order valence-electron chi connectivity index (χ3n) is 5.09. The molecule has 22 heavy (non-hydrogen) atoms. The van der Waals surface area contributed by atoms with Crippen LogP contribution < -0.4 is 5.32 Å². The molecule has 0 bridgehead atoms. The lowest BCUT2D eigenvalue weighted by Crippen LogP contribution is -2.62. The van der Waals surface area contributed by atoms with Crippen molar-refractivity contribution >= 4 is 23.2 Å². The highest BCUT2D eigenvalue weighted by Gasteiger charge is 2.52. The topological polar surface area (TPSA) is 41.6 Å². The Morgan fingerprint density at radius 3 is 2.82 bits per heavy atom. The number of hydrogen-bond acceptors (Lipinski definition) is 3. The van der Waals surface area contributed by atoms with Crippen LogP contribution in [0.25, 0.3) is 0 Å². The van der Waals surface area contributed by atoms with Gasteiger partial charge in [0.25, 0.3) is 5.91 Å². The quantitative estimate of drug-likeness (QED) is 0.850. The SMILES string of the molecule is O=C1C2OC3CCCCC3C2NC(=S)N1Cc1ccccc1. The summed E-state index contributed by atoms with van der Waals surface area (Å²) in [6.07, 6.45) is 4.48. The van der Waals surface area contributed by atoms with Crippen LogP contribution in [-0.4, -0.2) is 34.2 Å². The van der Waals surface area contributed by atoms with Crippen molar-refractivity contribution in [1.82, 2.24) is 10.2 Å². The number of amides is 1. The molecule has 2 aliphatic heterocycles. The van der Waals surface area contributed by atoms with Gasteiger partial charge in [0.2, 0.25) is 0 Å². The summed E-state index contributed by atoms with van der Waals surface area (Å²) in [7, 11) is 0. The van der Waals surface area contributed by atoms with E-state index in [2.05, 4.69) is 5.32 Å². The van der Waals surface area contributed by atoms with E-state index in [0.717, 1.165) is 18.4 Å². The lowest BCUT2D eigenvalue weighted by atomic mass is 9.82. The number of ether oxygens (including phenoxy) is 1. The Hall–Kier alpha value is -1.46. The van der Waals surface area contributed by atoms with Crippen molar-refractivity contribution in [1.29, 1.82) is 0 Å². The van der Waals surface area contributed by atoms with Gasteiger partial charge in [-0.05, 0) is 30.6 Å². The lowest BCUT2D eigenvalue weighted by molar-refractivity contribution is -0.141. The molecule has 0 aromatic heterocycles. The summed E-state index contributed by atoms with van der Waals surface area (Å²) in [5.74, 6) is 0.450. The van der Waals surface area contributed by atoms with Crippen LogP contribution in [0.1, 0.15) is 31.2 Å². The highest BCUT2D eigenvalue weighted by Crippen LogP contribution is 2.39. The van der Waals surface area contributed by atoms with Gasteiger partial charge in [-0.15, -0.1) is 0 Å². The summed E-state index contributed by atoms with van der Waals surface area (Å²) in [5, 5.41) is 3.94. The smallest absolute Gasteiger partial charge is 0.260 e. The minimum atomic E-state index is -0.372. The van der Waals surface area contributed by atoms with Crippen LogP contribution in [-0.2, 0) is 16.1 Å². The largest absolute Gasteiger partial charge is 0.363 e. The molecule has 0 spiro atoms. The molecule has 0 radical (unpaired) electrons. The van der Waals surface area contributed by atoms with Crippen LogP contribution in [0.4, 0.5) is 0 Å². The van der Waals surface area contributed by atoms with Crippen molar-refractivity contribution < 1.29 is 9.53 Å². The van der Waals surface area contributed by atoms with Crippen LogP contribution >= 0.6 is 12.2 Å². The first-order valence-corrected chi connectivity index (χ1v) is 8.46. The van der Waals surface area contributed by atoms with E-state index in [1.165, 1.54) is 12.8 Å². The first-order valence-electron chi connectivity index (χ1n) is 8.05. The zero-order chi connectivity index (χ0) is 15.1. The number of fused-ring (bicyclic) bond motifs is 3. The van der Waals surface area contributed by atoms with Gasteiger partial charge in [0.05, 0.1) is 18.7 Å². The van der Waals surface area contributed by atoms with E-state index in [4.69, 9.17) is 17.0 Å². The summed E-state index contributed by atoms with van der Waals surface area (Å²) < 4.78 is 6.08. The second-order valence-electron chi connectivity index (χ2n) is 6.43. The van der Waals surface area contributed by atoms with Gasteiger partial charge >= 0.3 is 0 Å². The van der Waals surface area contributed by atoms with Crippen molar-refractivity contribution in [3.05, 3.63) is 35.9 Å². The Kier molecular flexibility index (Phi) is 3.62. The first kappa shape index (κ1) is 14.2. The number of rotatable bonds is 2. The zero-order valence-corrected chi connectivity index (χ0v) is 13.2. The number of nitrogens with zero attached hydrogens (tertiary/aromatic N) is 1. The van der Waals surface area contributed by atoms with Gasteiger partial charge < -0.3 is 10.1 Å². The number of thiocarbonyl (C=S) groups is 1. The van der Waals surface area contributed by atoms with Crippen molar-refractivity contribution in [2.75, 3.05) is 0 Å². The summed E-state index contributed by atoms with van der Waals surface area (Å²) in [6.45, 7) is 0.507. The van der Waals surface area contributed by atoms with Crippen LogP contribution in [0.2, 0.25) is 0 Å². The molecule has 2 saturated heterocycles. The molecule has 1 amide bonds. The molecule has 4 unspecified atom stereocenters. The van der Waals surface area contributed by atoms with E-state index in [1.807, 2.05) is 30.3 Å². The second kappa shape index (κ2) is 5.63. The van der Waals surface area contributed by atoms with Crippen molar-refractivity contribution in [2.45, 2.75) is 50.5 Å². The molecule has 2 heterocycles. The van der Waals surface area contributed by atoms with Gasteiger partial charge in [-0.3, -0.25) is 9.69 Å². The molecule has 4 nitrogen and oxygen atoms in total. The summed E-state index contributed by atoms with van der Waals surface area (Å²) >= 11 is 5.46. The Labute approximate surface area is 135 Å². The van der Waals surface area contributed by atoms with Gasteiger partial charge in [0.1, 0.15) is 0 Å². The van der Waals surface area contributed by atoms with Crippen LogP contribution in [0.3, 0.4) is 0 Å². The van der Waals surface area contributed by atoms with Crippen LogP contribution in [0, 0.1) is 5.92 Å². The number of nitrogens with one attached hydrogen (secondary N) is 1. The molecule has 4 atom stereocenters. The van der Waals surface area contributed by atoms with Crippen LogP contribution in [0.15, 0.2) is 30.3 Å². The van der Waals surface area contributed by atoms with Gasteiger partial charge in [-0.1, -0.05) is 43.2 Å². The molecule has 1 saturated carbocycles. The highest BCUT2D eigenvalue weighted by atomic mass is 32.1. The maximum absolute atomic E-state index is 12.8. The number of carbonyl (C=O) groups excluding carboxylic acids is 1. The lowest BCUT2D eigenvalue weighted by Gasteiger charge is -2.37. The van der Waals surface area contributed by atoms with Gasteiger partial charge in [0.15, 0.2) is 11.2 Å². The molecule has 3 aliphatic rings. The molecule has 116 valence electrons. The van der Waals surface area contributed by atoms with E-state index in [0.29, 0.717) is 17.6 Å². The van der Waals surface area contributed by atoms with Gasteiger partial charge in [-0.25, -0.2) is 0 Å². The standard InChI is InChI=1S/C17H20N2O2S/c20-16-15-14(12-8-4-5-9-13(12)21-15)18-17(22)19(16)10-11-6-2-1-3-7-11/h1-3,6-7,12-15H,4-5,8-10H2,(H,18,22). The van der Waals surface area contributed by atoms with Crippen molar-refractivity contribution in [3.8, 4) is 0 Å². The number of carbonyl (C=O) groups is 1. The molecule has 3 fully saturated rings. The highest BCUT2D eigenvalue weighted by molar-refractivity contribution is 7.80. The zero-order valence-electron chi connectivity index (χ0n) is 12.4. The van der Waals surface area contributed by atoms with Crippen LogP contribution in [0.5, 0.6) is 0 Å². The molecule has 1 N–H and O–H groups in total. The Morgan fingerprint density at radius 2 is 2.00 bits per heavy atom. The molecular formula is C17H20N2O2S. The first-order chi connectivity index (χ1) is 10.7. The summed E-state index contributed by atoms with van der Waals surface area (Å²) in [6, 6.07) is 10.0. The predicted molar refractivity (Wildman–Crippen MR) is 87.1 cm³/mol. The average molecular weight is 316 g/mol. The normalized spacial score (nSPS) is 34.1. The van der Waals surface area contributed by atoms with E-state index in [-0.39, 0.29) is 24.2 Å². The van der Waals surface area contributed by atoms with Gasteiger partial charge in [0, 0.05) is 5.92 Å². The van der Waals surface area contributed by atoms with Crippen molar-refractivity contribution in [2.24, 2.45) is 5.92 Å². The van der Waals surface area contributed by atoms with Gasteiger partial charge in [-0.2, -0.15) is 0 Å². The Bertz CT molecular complexity index is 592. The average Bonchev–Trinajstić information content (AvgIpc) is 2.91. The summed E-state index contributed by atoms with van der Waals surface area (Å²) in [5.41, 5.74) is 1.08. The fraction of sp³-hybridized carbons (Fsp3) is 0.529. The van der Waals surface area contributed by atoms with Crippen molar-refractivity contribution in [3.63, 3.8) is 0 Å². The Morgan fingerprint density at radius 1 is 1.23 bits per heavy atom. The molecule has 5 heteroatoms. The van der Waals surface area contributed by atoms with E-state index in [9.17, 15) is 4.79 Å². The molecule has 1 aliphatic carbocycles. The van der Waals surface area contributed by atoms with E-state index in [1.54, 1.807) is 4.90 Å². The third-order valence-corrected chi connectivity index (χ3v) is 5.43. The molecule has 4 rings (SSSR count). The predicted octanol–water partition coefficient (Wildman–Crippen LogP) is 2.23. The fourth-order valence-corrected chi connectivity index (χ4v) is 4.28.